The Bertz CT molecular complexity index is 712. The van der Waals surface area contributed by atoms with Gasteiger partial charge < -0.3 is 10.2 Å². The molecule has 0 bridgehead atoms. The van der Waals surface area contributed by atoms with Crippen LogP contribution in [-0.2, 0) is 15.6 Å². The molecule has 1 aliphatic carbocycles. The van der Waals surface area contributed by atoms with Crippen LogP contribution in [0.25, 0.3) is 0 Å². The van der Waals surface area contributed by atoms with E-state index in [4.69, 9.17) is 11.6 Å². The first kappa shape index (κ1) is 19.4. The third kappa shape index (κ3) is 4.29. The third-order valence-corrected chi connectivity index (χ3v) is 6.40. The van der Waals surface area contributed by atoms with Gasteiger partial charge in [0.25, 0.3) is 5.91 Å². The number of carbonyl (C=O) groups is 2. The first-order chi connectivity index (χ1) is 12.5. The van der Waals surface area contributed by atoms with Crippen molar-refractivity contribution >= 4 is 34.2 Å². The summed E-state index contributed by atoms with van der Waals surface area (Å²) in [5, 5.41) is 3.38. The second-order valence-electron chi connectivity index (χ2n) is 7.15. The highest BCUT2D eigenvalue weighted by Crippen LogP contribution is 2.40. The molecule has 0 aromatic heterocycles. The molecule has 3 rings (SSSR count). The molecule has 26 heavy (non-hydrogen) atoms. The van der Waals surface area contributed by atoms with Crippen LogP contribution < -0.4 is 5.32 Å². The van der Waals surface area contributed by atoms with Gasteiger partial charge in [-0.15, -0.1) is 0 Å². The number of nitrogens with zero attached hydrogens (tertiary/aromatic N) is 1. The van der Waals surface area contributed by atoms with Gasteiger partial charge in [-0.25, -0.2) is 0 Å². The van der Waals surface area contributed by atoms with E-state index in [0.29, 0.717) is 35.2 Å². The largest absolute Gasteiger partial charge is 0.353 e. The minimum atomic E-state index is -0.951. The smallest absolute Gasteiger partial charge is 0.254 e. The summed E-state index contributed by atoms with van der Waals surface area (Å²) in [4.78, 5) is 27.7. The Kier molecular flexibility index (Phi) is 6.35. The molecular formula is C19H25ClN2O3S. The Morgan fingerprint density at radius 1 is 1.31 bits per heavy atom. The summed E-state index contributed by atoms with van der Waals surface area (Å²) in [5.74, 6) is 0.539. The van der Waals surface area contributed by atoms with Crippen molar-refractivity contribution in [3.63, 3.8) is 0 Å². The fourth-order valence-electron chi connectivity index (χ4n) is 4.19. The Morgan fingerprint density at radius 3 is 2.81 bits per heavy atom. The molecule has 2 amide bonds. The summed E-state index contributed by atoms with van der Waals surface area (Å²) in [7, 11) is -0.951. The standard InChI is InChI=1S/C19H25ClN2O3S/c1-26(25)10-9-21-18(23)17-12-13-5-2-3-8-16(13)22(17)19(24)14-6-4-7-15(20)11-14/h4,6-7,11,13,16-17H,2-3,5,8-10,12H2,1H3,(H,21,23)/t13-,16-,17-,26-/m0/s1. The number of rotatable bonds is 5. The maximum absolute atomic E-state index is 13.2. The van der Waals surface area contributed by atoms with E-state index in [2.05, 4.69) is 5.32 Å². The van der Waals surface area contributed by atoms with E-state index in [1.54, 1.807) is 35.4 Å². The number of nitrogens with one attached hydrogen (secondary N) is 1. The number of hydrogen-bond acceptors (Lipinski definition) is 3. The molecule has 1 saturated carbocycles. The number of likely N-dealkylation sites (tertiary alicyclic amines) is 1. The molecule has 5 nitrogen and oxygen atoms in total. The lowest BCUT2D eigenvalue weighted by atomic mass is 9.84. The topological polar surface area (TPSA) is 66.5 Å². The number of hydrogen-bond donors (Lipinski definition) is 1. The summed E-state index contributed by atoms with van der Waals surface area (Å²) in [5.41, 5.74) is 0.524. The van der Waals surface area contributed by atoms with E-state index in [9.17, 15) is 13.8 Å². The predicted molar refractivity (Wildman–Crippen MR) is 104 cm³/mol. The number of fused-ring (bicyclic) bond motifs is 1. The van der Waals surface area contributed by atoms with Crippen LogP contribution >= 0.6 is 11.6 Å². The van der Waals surface area contributed by atoms with Crippen LogP contribution in [-0.4, -0.2) is 51.6 Å². The van der Waals surface area contributed by atoms with Gasteiger partial charge in [0.15, 0.2) is 0 Å². The van der Waals surface area contributed by atoms with E-state index >= 15 is 0 Å². The highest BCUT2D eigenvalue weighted by Gasteiger charge is 2.47. The average molecular weight is 397 g/mol. The van der Waals surface area contributed by atoms with Crippen molar-refractivity contribution in [3.05, 3.63) is 34.9 Å². The summed E-state index contributed by atoms with van der Waals surface area (Å²) in [6, 6.07) is 6.57. The van der Waals surface area contributed by atoms with Crippen LogP contribution in [0.5, 0.6) is 0 Å². The van der Waals surface area contributed by atoms with Crippen molar-refractivity contribution in [2.24, 2.45) is 5.92 Å². The molecule has 142 valence electrons. The molecule has 1 aliphatic heterocycles. The van der Waals surface area contributed by atoms with Crippen LogP contribution in [0.3, 0.4) is 0 Å². The van der Waals surface area contributed by atoms with Crippen LogP contribution in [0, 0.1) is 5.92 Å². The van der Waals surface area contributed by atoms with Crippen molar-refractivity contribution < 1.29 is 13.8 Å². The van der Waals surface area contributed by atoms with Crippen LogP contribution in [0.1, 0.15) is 42.5 Å². The lowest BCUT2D eigenvalue weighted by molar-refractivity contribution is -0.125. The fourth-order valence-corrected chi connectivity index (χ4v) is 4.77. The first-order valence-corrected chi connectivity index (χ1v) is 11.2. The zero-order valence-electron chi connectivity index (χ0n) is 14.9. The molecule has 1 saturated heterocycles. The molecule has 0 spiro atoms. The van der Waals surface area contributed by atoms with Gasteiger partial charge in [-0.3, -0.25) is 13.8 Å². The van der Waals surface area contributed by atoms with E-state index < -0.39 is 16.8 Å². The predicted octanol–water partition coefficient (Wildman–Crippen LogP) is 2.61. The zero-order valence-corrected chi connectivity index (χ0v) is 16.5. The lowest BCUT2D eigenvalue weighted by Gasteiger charge is -2.33. The van der Waals surface area contributed by atoms with E-state index in [1.807, 2.05) is 0 Å². The number of halogens is 1. The van der Waals surface area contributed by atoms with Crippen LogP contribution in [0.4, 0.5) is 0 Å². The summed E-state index contributed by atoms with van der Waals surface area (Å²) in [6.07, 6.45) is 6.57. The van der Waals surface area contributed by atoms with Gasteiger partial charge in [0.05, 0.1) is 0 Å². The Hall–Kier alpha value is -1.40. The van der Waals surface area contributed by atoms with Crippen molar-refractivity contribution in [2.45, 2.75) is 44.2 Å². The lowest BCUT2D eigenvalue weighted by Crippen LogP contribution is -2.50. The van der Waals surface area contributed by atoms with Gasteiger partial charge in [0.1, 0.15) is 6.04 Å². The van der Waals surface area contributed by atoms with Gasteiger partial charge in [-0.05, 0) is 43.4 Å². The minimum Gasteiger partial charge on any atom is -0.353 e. The molecule has 2 aliphatic rings. The van der Waals surface area contributed by atoms with E-state index in [0.717, 1.165) is 25.7 Å². The molecule has 1 N–H and O–H groups in total. The Morgan fingerprint density at radius 2 is 2.08 bits per heavy atom. The Balaban J connectivity index is 1.80. The van der Waals surface area contributed by atoms with Crippen LogP contribution in [0.15, 0.2) is 24.3 Å². The van der Waals surface area contributed by atoms with Crippen molar-refractivity contribution in [3.8, 4) is 0 Å². The van der Waals surface area contributed by atoms with Gasteiger partial charge in [0.2, 0.25) is 5.91 Å². The van der Waals surface area contributed by atoms with Gasteiger partial charge in [-0.1, -0.05) is 30.5 Å². The maximum atomic E-state index is 13.2. The summed E-state index contributed by atoms with van der Waals surface area (Å²) < 4.78 is 11.2. The summed E-state index contributed by atoms with van der Waals surface area (Å²) in [6.45, 7) is 0.368. The molecule has 4 atom stereocenters. The van der Waals surface area contributed by atoms with Gasteiger partial charge in [-0.2, -0.15) is 0 Å². The highest BCUT2D eigenvalue weighted by molar-refractivity contribution is 7.84. The van der Waals surface area contributed by atoms with Crippen molar-refractivity contribution in [2.75, 3.05) is 18.6 Å². The van der Waals surface area contributed by atoms with E-state index in [1.165, 1.54) is 0 Å². The fraction of sp³-hybridized carbons (Fsp3) is 0.579. The molecule has 1 aromatic rings. The first-order valence-electron chi connectivity index (χ1n) is 9.13. The van der Waals surface area contributed by atoms with Crippen LogP contribution in [0.2, 0.25) is 5.02 Å². The molecular weight excluding hydrogens is 372 g/mol. The second kappa shape index (κ2) is 8.53. The highest BCUT2D eigenvalue weighted by atomic mass is 35.5. The number of carbonyl (C=O) groups excluding carboxylic acids is 2. The molecule has 0 radical (unpaired) electrons. The molecule has 1 heterocycles. The maximum Gasteiger partial charge on any atom is 0.254 e. The molecule has 1 aromatic carbocycles. The van der Waals surface area contributed by atoms with Crippen molar-refractivity contribution in [1.82, 2.24) is 10.2 Å². The number of amides is 2. The third-order valence-electron chi connectivity index (χ3n) is 5.39. The normalized spacial score (nSPS) is 26.2. The van der Waals surface area contributed by atoms with Gasteiger partial charge in [0, 0.05) is 46.0 Å². The quantitative estimate of drug-likeness (QED) is 0.831. The van der Waals surface area contributed by atoms with Crippen molar-refractivity contribution in [1.29, 1.82) is 0 Å². The molecule has 0 unspecified atom stereocenters. The molecule has 2 fully saturated rings. The summed E-state index contributed by atoms with van der Waals surface area (Å²) >= 11 is 6.05. The Labute approximate surface area is 161 Å². The minimum absolute atomic E-state index is 0.117. The molecule has 7 heteroatoms. The second-order valence-corrected chi connectivity index (χ2v) is 9.15. The monoisotopic (exact) mass is 396 g/mol. The zero-order chi connectivity index (χ0) is 18.7. The SMILES string of the molecule is C[S@](=O)CCNC(=O)[C@@H]1C[C@@H]2CCCC[C@@H]2N1C(=O)c1cccc(Cl)c1. The average Bonchev–Trinajstić information content (AvgIpc) is 3.00. The van der Waals surface area contributed by atoms with Gasteiger partial charge >= 0.3 is 0 Å². The number of benzene rings is 1. The van der Waals surface area contributed by atoms with E-state index in [-0.39, 0.29) is 17.9 Å².